The molecule has 0 aromatic carbocycles. The van der Waals surface area contributed by atoms with E-state index in [9.17, 15) is 29.4 Å². The zero-order valence-electron chi connectivity index (χ0n) is 33.2. The van der Waals surface area contributed by atoms with Crippen LogP contribution in [0, 0.1) is 0 Å². The Labute approximate surface area is 342 Å². The minimum atomic E-state index is -1.35. The van der Waals surface area contributed by atoms with Gasteiger partial charge >= 0.3 is 49.7 Å². The minimum Gasteiger partial charge on any atom is -0.546 e. The zero-order chi connectivity index (χ0) is 37.5. The van der Waals surface area contributed by atoms with Gasteiger partial charge in [0.15, 0.2) is 0 Å². The van der Waals surface area contributed by atoms with Gasteiger partial charge in [-0.25, -0.2) is 0 Å². The van der Waals surface area contributed by atoms with Crippen molar-refractivity contribution in [2.45, 2.75) is 220 Å². The maximum absolute atomic E-state index is 11.4. The van der Waals surface area contributed by atoms with Gasteiger partial charge in [-0.15, -0.1) is 0 Å². The van der Waals surface area contributed by atoms with Crippen LogP contribution < -0.4 is 10.2 Å². The second kappa shape index (κ2) is 43.0. The number of esters is 2. The number of carbonyl (C=O) groups is 4. The Morgan fingerprint density at radius 3 is 0.922 bits per heavy atom. The molecule has 0 bridgehead atoms. The number of aliphatic carboxylic acids is 2. The van der Waals surface area contributed by atoms with Crippen molar-refractivity contribution in [1.82, 2.24) is 0 Å². The molecular formula is C42H74CaO8. The minimum absolute atomic E-state index is 0. The molecule has 8 nitrogen and oxygen atoms in total. The summed E-state index contributed by atoms with van der Waals surface area (Å²) < 4.78 is 9.44. The van der Waals surface area contributed by atoms with Crippen LogP contribution in [0.3, 0.4) is 0 Å². The number of allylic oxidation sites excluding steroid dienone is 4. The molecule has 0 saturated carbocycles. The zero-order valence-corrected chi connectivity index (χ0v) is 35.4. The van der Waals surface area contributed by atoms with Gasteiger partial charge < -0.3 is 29.3 Å². The average molecular weight is 747 g/mol. The molecule has 0 saturated heterocycles. The third kappa shape index (κ3) is 44.7. The molecular weight excluding hydrogens is 673 g/mol. The van der Waals surface area contributed by atoms with Crippen LogP contribution in [0.1, 0.15) is 207 Å². The number of ether oxygens (including phenoxy) is 2. The number of hydrogen-bond donors (Lipinski definition) is 0. The van der Waals surface area contributed by atoms with E-state index in [1.54, 1.807) is 0 Å². The summed E-state index contributed by atoms with van der Waals surface area (Å²) in [6.07, 6.45) is 38.8. The summed E-state index contributed by atoms with van der Waals surface area (Å²) in [6, 6.07) is 0. The molecule has 0 radical (unpaired) electrons. The number of carboxylic acids is 2. The first-order valence-electron chi connectivity index (χ1n) is 20.3. The summed E-state index contributed by atoms with van der Waals surface area (Å²) >= 11 is 0. The molecule has 2 atom stereocenters. The van der Waals surface area contributed by atoms with Gasteiger partial charge in [0, 0.05) is 12.8 Å². The predicted octanol–water partition coefficient (Wildman–Crippen LogP) is 9.03. The summed E-state index contributed by atoms with van der Waals surface area (Å²) in [5.41, 5.74) is 0. The summed E-state index contributed by atoms with van der Waals surface area (Å²) in [6.45, 7) is 7.12. The predicted molar refractivity (Wildman–Crippen MR) is 206 cm³/mol. The summed E-state index contributed by atoms with van der Waals surface area (Å²) in [4.78, 5) is 43.6. The molecule has 0 amide bonds. The van der Waals surface area contributed by atoms with Gasteiger partial charge in [-0.05, 0) is 78.1 Å². The Morgan fingerprint density at radius 1 is 0.431 bits per heavy atom. The van der Waals surface area contributed by atoms with Crippen LogP contribution in [0.2, 0.25) is 0 Å². The largest absolute Gasteiger partial charge is 2.00 e. The second-order valence-corrected chi connectivity index (χ2v) is 13.6. The van der Waals surface area contributed by atoms with E-state index in [1.165, 1.54) is 129 Å². The van der Waals surface area contributed by atoms with Gasteiger partial charge in [-0.1, -0.05) is 141 Å². The van der Waals surface area contributed by atoms with E-state index >= 15 is 0 Å². The quantitative estimate of drug-likeness (QED) is 0.0276. The van der Waals surface area contributed by atoms with Crippen molar-refractivity contribution < 1.29 is 38.9 Å². The molecule has 0 N–H and O–H groups in total. The van der Waals surface area contributed by atoms with Gasteiger partial charge in [0.05, 0.1) is 11.9 Å². The monoisotopic (exact) mass is 747 g/mol. The summed E-state index contributed by atoms with van der Waals surface area (Å²) in [5.74, 6) is -3.60. The topological polar surface area (TPSA) is 133 Å². The molecule has 0 aliphatic rings. The van der Waals surface area contributed by atoms with Crippen molar-refractivity contribution in [3.8, 4) is 0 Å². The fourth-order valence-electron chi connectivity index (χ4n) is 5.29. The first-order valence-corrected chi connectivity index (χ1v) is 20.3. The van der Waals surface area contributed by atoms with Crippen LogP contribution in [0.5, 0.6) is 0 Å². The van der Waals surface area contributed by atoms with Crippen LogP contribution in [0.4, 0.5) is 0 Å². The first-order chi connectivity index (χ1) is 24.1. The molecule has 0 rings (SSSR count). The average Bonchev–Trinajstić information content (AvgIpc) is 3.08. The van der Waals surface area contributed by atoms with Crippen LogP contribution in [0.15, 0.2) is 24.3 Å². The molecule has 292 valence electrons. The van der Waals surface area contributed by atoms with Crippen LogP contribution in [0.25, 0.3) is 0 Å². The van der Waals surface area contributed by atoms with E-state index in [1.807, 2.05) is 0 Å². The van der Waals surface area contributed by atoms with Crippen molar-refractivity contribution in [1.29, 1.82) is 0 Å². The SMILES string of the molecule is CCCCCCCC/C=C\CCCCCCCC(=O)OC(C)C(=O)[O-].CCCCCCCC/C=C\CCCCCCCC(=O)OC(C)C(=O)[O-].[Ca+2]. The Morgan fingerprint density at radius 2 is 0.667 bits per heavy atom. The first kappa shape index (κ1) is 54.0. The van der Waals surface area contributed by atoms with E-state index < -0.39 is 36.1 Å². The van der Waals surface area contributed by atoms with Gasteiger partial charge in [0.1, 0.15) is 12.2 Å². The van der Waals surface area contributed by atoms with Crippen LogP contribution >= 0.6 is 0 Å². The summed E-state index contributed by atoms with van der Waals surface area (Å²) in [5, 5.41) is 20.9. The van der Waals surface area contributed by atoms with Gasteiger partial charge in [0.2, 0.25) is 0 Å². The van der Waals surface area contributed by atoms with Crippen LogP contribution in [-0.4, -0.2) is 73.8 Å². The van der Waals surface area contributed by atoms with E-state index in [0.29, 0.717) is 0 Å². The summed E-state index contributed by atoms with van der Waals surface area (Å²) in [7, 11) is 0. The maximum atomic E-state index is 11.4. The Kier molecular flexibility index (Phi) is 45.5. The number of hydrogen-bond acceptors (Lipinski definition) is 8. The second-order valence-electron chi connectivity index (χ2n) is 13.6. The van der Waals surface area contributed by atoms with Gasteiger partial charge in [0.25, 0.3) is 0 Å². The molecule has 0 heterocycles. The number of unbranched alkanes of at least 4 members (excludes halogenated alkanes) is 22. The van der Waals surface area contributed by atoms with Gasteiger partial charge in [-0.2, -0.15) is 0 Å². The molecule has 0 aliphatic heterocycles. The van der Waals surface area contributed by atoms with E-state index in [-0.39, 0.29) is 50.6 Å². The fraction of sp³-hybridized carbons (Fsp3) is 0.810. The van der Waals surface area contributed by atoms with Crippen molar-refractivity contribution >= 4 is 61.6 Å². The van der Waals surface area contributed by atoms with E-state index in [4.69, 9.17) is 9.47 Å². The van der Waals surface area contributed by atoms with Crippen molar-refractivity contribution in [2.75, 3.05) is 0 Å². The molecule has 51 heavy (non-hydrogen) atoms. The maximum Gasteiger partial charge on any atom is 2.00 e. The normalized spacial score (nSPS) is 12.2. The number of rotatable bonds is 34. The molecule has 2 unspecified atom stereocenters. The smallest absolute Gasteiger partial charge is 0.546 e. The molecule has 0 aromatic heterocycles. The van der Waals surface area contributed by atoms with Crippen LogP contribution in [-0.2, 0) is 28.7 Å². The van der Waals surface area contributed by atoms with E-state index in [2.05, 4.69) is 38.2 Å². The number of carbonyl (C=O) groups excluding carboxylic acids is 4. The van der Waals surface area contributed by atoms with Crippen molar-refractivity contribution in [2.24, 2.45) is 0 Å². The Bertz CT molecular complexity index is 803. The fourth-order valence-corrected chi connectivity index (χ4v) is 5.29. The Balaban J connectivity index is -0.000000886. The third-order valence-corrected chi connectivity index (χ3v) is 8.57. The number of carboxylic acid groups (broad SMARTS) is 2. The van der Waals surface area contributed by atoms with E-state index in [0.717, 1.165) is 51.4 Å². The molecule has 0 aromatic rings. The van der Waals surface area contributed by atoms with Crippen molar-refractivity contribution in [3.05, 3.63) is 24.3 Å². The molecule has 0 fully saturated rings. The molecule has 0 spiro atoms. The molecule has 9 heteroatoms. The molecule has 0 aliphatic carbocycles. The standard InChI is InChI=1S/2C21H38O4.Ca/c2*1-3-4-5-6-7-8-9-10-11-12-13-14-15-16-17-18-20(22)25-19(2)21(23)24;/h2*10-11,19H,3-9,12-18H2,1-2H3,(H,23,24);/q;;+2/p-2/b2*11-10-;. The Hall–Kier alpha value is -1.38. The van der Waals surface area contributed by atoms with Gasteiger partial charge in [-0.3, -0.25) is 9.59 Å². The van der Waals surface area contributed by atoms with Crippen molar-refractivity contribution in [3.63, 3.8) is 0 Å². The third-order valence-electron chi connectivity index (χ3n) is 8.57.